The van der Waals surface area contributed by atoms with Crippen molar-refractivity contribution in [2.24, 2.45) is 0 Å². The number of benzene rings is 1. The Labute approximate surface area is 119 Å². The molecule has 1 heterocycles. The maximum atomic E-state index is 12.0. The van der Waals surface area contributed by atoms with E-state index in [1.165, 1.54) is 12.1 Å². The fourth-order valence-corrected chi connectivity index (χ4v) is 2.58. The fraction of sp³-hybridized carbons (Fsp3) is 0.385. The Balaban J connectivity index is 2.09. The fourth-order valence-electron chi connectivity index (χ4n) is 2.09. The Morgan fingerprint density at radius 1 is 1.32 bits per heavy atom. The Hall–Kier alpha value is -1.40. The molecule has 6 heteroatoms. The maximum absolute atomic E-state index is 12.0. The number of amides is 1. The summed E-state index contributed by atoms with van der Waals surface area (Å²) in [6.45, 7) is 0.844. The summed E-state index contributed by atoms with van der Waals surface area (Å²) in [5.74, 6) is -1.14. The highest BCUT2D eigenvalue weighted by Gasteiger charge is 2.20. The second-order valence-corrected chi connectivity index (χ2v) is 5.44. The molecule has 0 radical (unpaired) electrons. The lowest BCUT2D eigenvalue weighted by molar-refractivity contribution is -0.118. The van der Waals surface area contributed by atoms with Crippen LogP contribution in [0.15, 0.2) is 22.7 Å². The smallest absolute Gasteiger partial charge is 0.335 e. The molecule has 1 aliphatic heterocycles. The van der Waals surface area contributed by atoms with Gasteiger partial charge in [-0.2, -0.15) is 0 Å². The molecule has 1 amide bonds. The van der Waals surface area contributed by atoms with Crippen LogP contribution in [-0.2, 0) is 4.79 Å². The van der Waals surface area contributed by atoms with E-state index >= 15 is 0 Å². The normalized spacial score (nSPS) is 18.9. The number of hydrogen-bond donors (Lipinski definition) is 3. The van der Waals surface area contributed by atoms with Crippen LogP contribution in [0.2, 0.25) is 0 Å². The van der Waals surface area contributed by atoms with Gasteiger partial charge in [0, 0.05) is 10.2 Å². The number of carbonyl (C=O) groups is 2. The van der Waals surface area contributed by atoms with Crippen molar-refractivity contribution >= 4 is 33.5 Å². The van der Waals surface area contributed by atoms with Gasteiger partial charge in [0.15, 0.2) is 0 Å². The molecule has 102 valence electrons. The molecular formula is C13H15BrN2O3. The lowest BCUT2D eigenvalue weighted by Gasteiger charge is -2.22. The van der Waals surface area contributed by atoms with Crippen molar-refractivity contribution in [2.75, 3.05) is 11.9 Å². The third kappa shape index (κ3) is 3.78. The number of hydrogen-bond acceptors (Lipinski definition) is 3. The third-order valence-electron chi connectivity index (χ3n) is 3.04. The molecular weight excluding hydrogens is 312 g/mol. The summed E-state index contributed by atoms with van der Waals surface area (Å²) in [5, 5.41) is 14.9. The van der Waals surface area contributed by atoms with Gasteiger partial charge in [-0.05, 0) is 37.6 Å². The van der Waals surface area contributed by atoms with Gasteiger partial charge in [-0.25, -0.2) is 4.79 Å². The maximum Gasteiger partial charge on any atom is 0.335 e. The first-order valence-corrected chi connectivity index (χ1v) is 6.94. The molecule has 19 heavy (non-hydrogen) atoms. The van der Waals surface area contributed by atoms with Crippen LogP contribution in [0.5, 0.6) is 0 Å². The number of rotatable bonds is 3. The zero-order chi connectivity index (χ0) is 13.8. The lowest BCUT2D eigenvalue weighted by Crippen LogP contribution is -2.43. The first kappa shape index (κ1) is 14.0. The third-order valence-corrected chi connectivity index (χ3v) is 3.50. The van der Waals surface area contributed by atoms with Crippen LogP contribution in [0, 0.1) is 0 Å². The highest BCUT2D eigenvalue weighted by atomic mass is 79.9. The van der Waals surface area contributed by atoms with Crippen LogP contribution in [0.25, 0.3) is 0 Å². The van der Waals surface area contributed by atoms with E-state index in [4.69, 9.17) is 5.11 Å². The predicted molar refractivity (Wildman–Crippen MR) is 75.4 cm³/mol. The molecule has 5 nitrogen and oxygen atoms in total. The number of carbonyl (C=O) groups excluding carboxylic acids is 1. The van der Waals surface area contributed by atoms with Gasteiger partial charge in [0.25, 0.3) is 0 Å². The van der Waals surface area contributed by atoms with Crippen molar-refractivity contribution in [3.63, 3.8) is 0 Å². The van der Waals surface area contributed by atoms with Crippen molar-refractivity contribution < 1.29 is 14.7 Å². The quantitative estimate of drug-likeness (QED) is 0.795. The number of aromatic carboxylic acids is 1. The number of piperidine rings is 1. The highest BCUT2D eigenvalue weighted by molar-refractivity contribution is 9.10. The van der Waals surface area contributed by atoms with E-state index in [0.717, 1.165) is 25.8 Å². The van der Waals surface area contributed by atoms with Gasteiger partial charge in [0.05, 0.1) is 11.6 Å². The molecule has 1 fully saturated rings. The molecule has 1 aliphatic rings. The number of halogens is 1. The first-order valence-electron chi connectivity index (χ1n) is 6.14. The zero-order valence-corrected chi connectivity index (χ0v) is 11.9. The Morgan fingerprint density at radius 2 is 2.11 bits per heavy atom. The average molecular weight is 327 g/mol. The van der Waals surface area contributed by atoms with Crippen molar-refractivity contribution in [3.8, 4) is 0 Å². The highest BCUT2D eigenvalue weighted by Crippen LogP contribution is 2.20. The molecule has 1 aromatic carbocycles. The second-order valence-electron chi connectivity index (χ2n) is 4.53. The molecule has 1 saturated heterocycles. The van der Waals surface area contributed by atoms with Gasteiger partial charge in [0.1, 0.15) is 0 Å². The van der Waals surface area contributed by atoms with E-state index in [1.54, 1.807) is 6.07 Å². The summed E-state index contributed by atoms with van der Waals surface area (Å²) < 4.78 is 0.624. The summed E-state index contributed by atoms with van der Waals surface area (Å²) in [6.07, 6.45) is 2.93. The Kier molecular flexibility index (Phi) is 4.55. The van der Waals surface area contributed by atoms with Gasteiger partial charge in [-0.1, -0.05) is 22.4 Å². The summed E-state index contributed by atoms with van der Waals surface area (Å²) in [6, 6.07) is 4.44. The van der Waals surface area contributed by atoms with Crippen LogP contribution < -0.4 is 10.6 Å². The molecule has 3 N–H and O–H groups in total. The van der Waals surface area contributed by atoms with E-state index in [0.29, 0.717) is 10.2 Å². The van der Waals surface area contributed by atoms with E-state index in [2.05, 4.69) is 26.6 Å². The lowest BCUT2D eigenvalue weighted by atomic mass is 10.0. The zero-order valence-electron chi connectivity index (χ0n) is 10.3. The van der Waals surface area contributed by atoms with Gasteiger partial charge in [-0.3, -0.25) is 4.79 Å². The van der Waals surface area contributed by atoms with Crippen LogP contribution in [-0.4, -0.2) is 29.6 Å². The van der Waals surface area contributed by atoms with Gasteiger partial charge >= 0.3 is 5.97 Å². The number of nitrogens with one attached hydrogen (secondary N) is 2. The average Bonchev–Trinajstić information content (AvgIpc) is 2.39. The molecule has 0 bridgehead atoms. The van der Waals surface area contributed by atoms with Gasteiger partial charge in [0.2, 0.25) is 5.91 Å². The van der Waals surface area contributed by atoms with Crippen LogP contribution in [0.3, 0.4) is 0 Å². The second kappa shape index (κ2) is 6.16. The molecule has 1 atom stereocenters. The Morgan fingerprint density at radius 3 is 2.74 bits per heavy atom. The number of anilines is 1. The first-order chi connectivity index (χ1) is 9.06. The summed E-state index contributed by atoms with van der Waals surface area (Å²) in [5.41, 5.74) is 0.630. The predicted octanol–water partition coefficient (Wildman–Crippen LogP) is 2.23. The summed E-state index contributed by atoms with van der Waals surface area (Å²) in [7, 11) is 0. The molecule has 2 rings (SSSR count). The minimum Gasteiger partial charge on any atom is -0.478 e. The topological polar surface area (TPSA) is 78.4 Å². The summed E-state index contributed by atoms with van der Waals surface area (Å²) in [4.78, 5) is 23.0. The van der Waals surface area contributed by atoms with Gasteiger partial charge in [-0.15, -0.1) is 0 Å². The van der Waals surface area contributed by atoms with Crippen molar-refractivity contribution in [3.05, 3.63) is 28.2 Å². The van der Waals surface area contributed by atoms with E-state index < -0.39 is 5.97 Å². The van der Waals surface area contributed by atoms with Crippen molar-refractivity contribution in [1.82, 2.24) is 5.32 Å². The summed E-state index contributed by atoms with van der Waals surface area (Å²) >= 11 is 3.24. The van der Waals surface area contributed by atoms with Crippen molar-refractivity contribution in [1.29, 1.82) is 0 Å². The molecule has 1 aromatic rings. The molecule has 1 unspecified atom stereocenters. The SMILES string of the molecule is O=C(O)c1cc(Br)cc(NC(=O)C2CCCCN2)c1. The van der Waals surface area contributed by atoms with E-state index in [-0.39, 0.29) is 17.5 Å². The monoisotopic (exact) mass is 326 g/mol. The number of carboxylic acid groups (broad SMARTS) is 1. The van der Waals surface area contributed by atoms with E-state index in [9.17, 15) is 9.59 Å². The standard InChI is InChI=1S/C13H15BrN2O3/c14-9-5-8(13(18)19)6-10(7-9)16-12(17)11-3-1-2-4-15-11/h5-7,11,15H,1-4H2,(H,16,17)(H,18,19). The van der Waals surface area contributed by atoms with Crippen LogP contribution in [0.1, 0.15) is 29.6 Å². The minimum atomic E-state index is -1.02. The van der Waals surface area contributed by atoms with E-state index in [1.807, 2.05) is 0 Å². The van der Waals surface area contributed by atoms with Crippen LogP contribution in [0.4, 0.5) is 5.69 Å². The van der Waals surface area contributed by atoms with Gasteiger partial charge < -0.3 is 15.7 Å². The molecule has 0 aromatic heterocycles. The molecule has 0 saturated carbocycles. The largest absolute Gasteiger partial charge is 0.478 e. The molecule has 0 aliphatic carbocycles. The molecule has 0 spiro atoms. The minimum absolute atomic E-state index is 0.117. The van der Waals surface area contributed by atoms with Crippen LogP contribution >= 0.6 is 15.9 Å². The van der Waals surface area contributed by atoms with Crippen molar-refractivity contribution in [2.45, 2.75) is 25.3 Å². The Bertz CT molecular complexity index is 499. The number of carboxylic acids is 1.